The summed E-state index contributed by atoms with van der Waals surface area (Å²) in [5.74, 6) is -0.713. The van der Waals surface area contributed by atoms with Gasteiger partial charge in [0.25, 0.3) is 5.91 Å². The van der Waals surface area contributed by atoms with Crippen LogP contribution in [0.4, 0.5) is 0 Å². The van der Waals surface area contributed by atoms with E-state index in [2.05, 4.69) is 4.98 Å². The summed E-state index contributed by atoms with van der Waals surface area (Å²) < 4.78 is 6.17. The molecule has 0 saturated carbocycles. The Hall–Kier alpha value is -1.81. The monoisotopic (exact) mass is 435 g/mol. The number of likely N-dealkylation sites (tertiary alicyclic amines) is 1. The molecule has 2 aliphatic rings. The van der Waals surface area contributed by atoms with Crippen molar-refractivity contribution in [2.24, 2.45) is 11.7 Å². The maximum absolute atomic E-state index is 12.9. The summed E-state index contributed by atoms with van der Waals surface area (Å²) in [7, 11) is 0. The number of thiazole rings is 1. The molecule has 2 aromatic rings. The van der Waals surface area contributed by atoms with Gasteiger partial charge in [0.05, 0.1) is 18.2 Å². The first-order chi connectivity index (χ1) is 13.8. The van der Waals surface area contributed by atoms with Crippen LogP contribution in [0, 0.1) is 5.92 Å². The van der Waals surface area contributed by atoms with E-state index < -0.39 is 11.6 Å². The van der Waals surface area contributed by atoms with Crippen LogP contribution in [0.5, 0.6) is 0 Å². The van der Waals surface area contributed by atoms with Crippen molar-refractivity contribution in [3.63, 3.8) is 0 Å². The SMILES string of the molecule is CC(C)[C@H](N)c1nc(C(=O)N2CCC3(CC2)OCCc2sc(C(=O)O)cc23)cs1. The number of thiophene rings is 1. The molecule has 0 radical (unpaired) electrons. The topological polar surface area (TPSA) is 106 Å². The molecule has 1 amide bonds. The highest BCUT2D eigenvalue weighted by atomic mass is 32.1. The lowest BCUT2D eigenvalue weighted by Crippen LogP contribution is -2.48. The number of ether oxygens (including phenoxy) is 1. The Morgan fingerprint density at radius 1 is 1.34 bits per heavy atom. The van der Waals surface area contributed by atoms with Gasteiger partial charge in [-0.1, -0.05) is 13.8 Å². The number of aromatic carboxylic acids is 1. The van der Waals surface area contributed by atoms with E-state index in [9.17, 15) is 14.7 Å². The summed E-state index contributed by atoms with van der Waals surface area (Å²) in [5, 5.41) is 11.9. The lowest BCUT2D eigenvalue weighted by Gasteiger charge is -2.43. The van der Waals surface area contributed by atoms with E-state index in [0.717, 1.165) is 21.9 Å². The Morgan fingerprint density at radius 2 is 2.07 bits per heavy atom. The fraction of sp³-hybridized carbons (Fsp3) is 0.550. The van der Waals surface area contributed by atoms with Gasteiger partial charge in [0.15, 0.2) is 0 Å². The molecule has 7 nitrogen and oxygen atoms in total. The molecular formula is C20H25N3O4S2. The predicted molar refractivity (Wildman–Crippen MR) is 112 cm³/mol. The molecule has 0 bridgehead atoms. The summed E-state index contributed by atoms with van der Waals surface area (Å²) >= 11 is 2.78. The Morgan fingerprint density at radius 3 is 2.72 bits per heavy atom. The summed E-state index contributed by atoms with van der Waals surface area (Å²) in [6, 6.07) is 1.60. The van der Waals surface area contributed by atoms with Crippen LogP contribution >= 0.6 is 22.7 Å². The van der Waals surface area contributed by atoms with E-state index in [1.54, 1.807) is 11.4 Å². The normalized spacial score (nSPS) is 19.4. The van der Waals surface area contributed by atoms with E-state index in [1.165, 1.54) is 22.7 Å². The summed E-state index contributed by atoms with van der Waals surface area (Å²) in [4.78, 5) is 32.1. The van der Waals surface area contributed by atoms with Crippen LogP contribution in [0.2, 0.25) is 0 Å². The zero-order chi connectivity index (χ0) is 20.8. The minimum absolute atomic E-state index is 0.0779. The average molecular weight is 436 g/mol. The first-order valence-electron chi connectivity index (χ1n) is 9.81. The molecule has 9 heteroatoms. The number of carboxylic acid groups (broad SMARTS) is 1. The maximum atomic E-state index is 12.9. The van der Waals surface area contributed by atoms with E-state index in [4.69, 9.17) is 10.5 Å². The minimum atomic E-state index is -0.897. The van der Waals surface area contributed by atoms with Gasteiger partial charge in [-0.15, -0.1) is 22.7 Å². The molecule has 1 fully saturated rings. The van der Waals surface area contributed by atoms with Crippen LogP contribution in [-0.4, -0.2) is 46.6 Å². The molecule has 0 aromatic carbocycles. The third-order valence-corrected chi connectivity index (χ3v) is 7.95. The highest BCUT2D eigenvalue weighted by Gasteiger charge is 2.43. The van der Waals surface area contributed by atoms with E-state index in [-0.39, 0.29) is 17.9 Å². The van der Waals surface area contributed by atoms with Crippen molar-refractivity contribution < 1.29 is 19.4 Å². The highest BCUT2D eigenvalue weighted by molar-refractivity contribution is 7.14. The van der Waals surface area contributed by atoms with Crippen LogP contribution in [0.3, 0.4) is 0 Å². The second kappa shape index (κ2) is 7.79. The van der Waals surface area contributed by atoms with Gasteiger partial charge in [-0.3, -0.25) is 4.79 Å². The first kappa shape index (κ1) is 20.5. The number of carbonyl (C=O) groups excluding carboxylic acids is 1. The third kappa shape index (κ3) is 3.72. The lowest BCUT2D eigenvalue weighted by molar-refractivity contribution is -0.0926. The molecule has 0 unspecified atom stereocenters. The van der Waals surface area contributed by atoms with Crippen LogP contribution in [0.25, 0.3) is 0 Å². The second-order valence-electron chi connectivity index (χ2n) is 7.98. The molecule has 2 aliphatic heterocycles. The molecule has 2 aromatic heterocycles. The maximum Gasteiger partial charge on any atom is 0.345 e. The van der Waals surface area contributed by atoms with Crippen LogP contribution in [0.1, 0.15) is 68.3 Å². The van der Waals surface area contributed by atoms with Crippen LogP contribution < -0.4 is 5.73 Å². The Labute approximate surface area is 177 Å². The number of fused-ring (bicyclic) bond motifs is 2. The molecule has 4 rings (SSSR count). The van der Waals surface area contributed by atoms with Crippen molar-refractivity contribution in [2.75, 3.05) is 19.7 Å². The number of nitrogens with zero attached hydrogens (tertiary/aromatic N) is 2. The fourth-order valence-corrected chi connectivity index (χ4v) is 6.03. The molecular weight excluding hydrogens is 410 g/mol. The Kier molecular flexibility index (Phi) is 5.50. The third-order valence-electron chi connectivity index (χ3n) is 5.82. The van der Waals surface area contributed by atoms with E-state index in [0.29, 0.717) is 43.1 Å². The summed E-state index contributed by atoms with van der Waals surface area (Å²) in [6.45, 7) is 5.77. The van der Waals surface area contributed by atoms with E-state index in [1.807, 2.05) is 18.7 Å². The predicted octanol–water partition coefficient (Wildman–Crippen LogP) is 3.26. The molecule has 1 saturated heterocycles. The van der Waals surface area contributed by atoms with Gasteiger partial charge in [0.2, 0.25) is 0 Å². The minimum Gasteiger partial charge on any atom is -0.477 e. The van der Waals surface area contributed by atoms with Crippen LogP contribution in [0.15, 0.2) is 11.4 Å². The highest BCUT2D eigenvalue weighted by Crippen LogP contribution is 2.44. The van der Waals surface area contributed by atoms with Gasteiger partial charge in [-0.2, -0.15) is 0 Å². The smallest absolute Gasteiger partial charge is 0.345 e. The quantitative estimate of drug-likeness (QED) is 0.764. The zero-order valence-corrected chi connectivity index (χ0v) is 18.1. The Bertz CT molecular complexity index is 928. The van der Waals surface area contributed by atoms with Crippen molar-refractivity contribution in [3.05, 3.63) is 37.5 Å². The second-order valence-corrected chi connectivity index (χ2v) is 10.0. The number of hydrogen-bond donors (Lipinski definition) is 2. The number of carboxylic acids is 1. The number of hydrogen-bond acceptors (Lipinski definition) is 7. The molecule has 29 heavy (non-hydrogen) atoms. The molecule has 3 N–H and O–H groups in total. The van der Waals surface area contributed by atoms with Crippen molar-refractivity contribution in [1.82, 2.24) is 9.88 Å². The number of aromatic nitrogens is 1. The van der Waals surface area contributed by atoms with Gasteiger partial charge in [0, 0.05) is 29.8 Å². The number of carbonyl (C=O) groups is 2. The summed E-state index contributed by atoms with van der Waals surface area (Å²) in [6.07, 6.45) is 2.06. The van der Waals surface area contributed by atoms with Crippen molar-refractivity contribution in [2.45, 2.75) is 44.8 Å². The van der Waals surface area contributed by atoms with Gasteiger partial charge in [0.1, 0.15) is 15.6 Å². The van der Waals surface area contributed by atoms with Crippen molar-refractivity contribution in [3.8, 4) is 0 Å². The number of amides is 1. The number of nitrogens with two attached hydrogens (primary N) is 1. The molecule has 156 valence electrons. The van der Waals surface area contributed by atoms with Crippen molar-refractivity contribution >= 4 is 34.6 Å². The van der Waals surface area contributed by atoms with Crippen molar-refractivity contribution in [1.29, 1.82) is 0 Å². The fourth-order valence-electron chi connectivity index (χ4n) is 3.99. The average Bonchev–Trinajstić information content (AvgIpc) is 3.36. The molecule has 1 atom stereocenters. The number of piperidine rings is 1. The first-order valence-corrected chi connectivity index (χ1v) is 11.5. The molecule has 0 aliphatic carbocycles. The van der Waals surface area contributed by atoms with Gasteiger partial charge < -0.3 is 20.5 Å². The number of rotatable bonds is 4. The van der Waals surface area contributed by atoms with Crippen LogP contribution in [-0.2, 0) is 16.8 Å². The van der Waals surface area contributed by atoms with E-state index >= 15 is 0 Å². The Balaban J connectivity index is 1.48. The zero-order valence-electron chi connectivity index (χ0n) is 16.5. The van der Waals surface area contributed by atoms with Gasteiger partial charge in [-0.05, 0) is 30.4 Å². The van der Waals surface area contributed by atoms with Gasteiger partial charge >= 0.3 is 5.97 Å². The van der Waals surface area contributed by atoms with Gasteiger partial charge in [-0.25, -0.2) is 9.78 Å². The largest absolute Gasteiger partial charge is 0.477 e. The lowest BCUT2D eigenvalue weighted by atomic mass is 9.82. The molecule has 1 spiro atoms. The standard InChI is InChI=1S/C20H25N3O4S2/c1-11(2)16(21)17-22-13(10-28-17)18(24)23-6-4-20(5-7-23)12-9-15(19(25)26)29-14(12)3-8-27-20/h9-11,16H,3-8,21H2,1-2H3,(H,25,26)/t16-/m0/s1. The molecule has 4 heterocycles. The summed E-state index contributed by atoms with van der Waals surface area (Å²) in [5.41, 5.74) is 7.12.